The monoisotopic (exact) mass is 330 g/mol. The van der Waals surface area contributed by atoms with Gasteiger partial charge >= 0.3 is 0 Å². The van der Waals surface area contributed by atoms with Crippen LogP contribution in [0.5, 0.6) is 0 Å². The number of piperidine rings is 1. The van der Waals surface area contributed by atoms with E-state index in [1.165, 1.54) is 0 Å². The van der Waals surface area contributed by atoms with Gasteiger partial charge in [0.05, 0.1) is 0 Å². The molecule has 0 bridgehead atoms. The molecule has 0 saturated carbocycles. The molecule has 1 unspecified atom stereocenters. The highest BCUT2D eigenvalue weighted by Crippen LogP contribution is 2.16. The van der Waals surface area contributed by atoms with Gasteiger partial charge < -0.3 is 5.32 Å². The Bertz CT molecular complexity index is 434. The summed E-state index contributed by atoms with van der Waals surface area (Å²) in [7, 11) is 0. The first-order chi connectivity index (χ1) is 7.65. The second-order valence-corrected chi connectivity index (χ2v) is 4.90. The summed E-state index contributed by atoms with van der Waals surface area (Å²) in [5.41, 5.74) is 0.904. The number of benzene rings is 1. The van der Waals surface area contributed by atoms with E-state index in [1.54, 1.807) is 0 Å². The van der Waals surface area contributed by atoms with E-state index in [4.69, 9.17) is 0 Å². The zero-order valence-electron chi connectivity index (χ0n) is 8.50. The number of hydrogen-bond donors (Lipinski definition) is 2. The number of nitrogens with one attached hydrogen (secondary N) is 2. The van der Waals surface area contributed by atoms with Crippen LogP contribution in [0.3, 0.4) is 0 Å². The molecule has 4 nitrogen and oxygen atoms in total. The van der Waals surface area contributed by atoms with Crippen LogP contribution in [-0.4, -0.2) is 17.9 Å². The van der Waals surface area contributed by atoms with Crippen LogP contribution in [0.15, 0.2) is 24.3 Å². The number of amides is 2. The van der Waals surface area contributed by atoms with E-state index in [0.29, 0.717) is 12.8 Å². The van der Waals surface area contributed by atoms with Crippen LogP contribution < -0.4 is 10.6 Å². The van der Waals surface area contributed by atoms with Crippen LogP contribution in [0.2, 0.25) is 0 Å². The lowest BCUT2D eigenvalue weighted by atomic mass is 10.1. The third-order valence-corrected chi connectivity index (χ3v) is 3.08. The van der Waals surface area contributed by atoms with Gasteiger partial charge in [0.1, 0.15) is 6.04 Å². The number of carbonyl (C=O) groups is 2. The summed E-state index contributed by atoms with van der Waals surface area (Å²) in [6, 6.07) is 7.47. The summed E-state index contributed by atoms with van der Waals surface area (Å²) >= 11 is 2.21. The number of anilines is 1. The number of hydrogen-bond acceptors (Lipinski definition) is 3. The summed E-state index contributed by atoms with van der Waals surface area (Å²) in [4.78, 5) is 22.5. The van der Waals surface area contributed by atoms with E-state index in [1.807, 2.05) is 24.3 Å². The number of rotatable bonds is 2. The lowest BCUT2D eigenvalue weighted by molar-refractivity contribution is -0.133. The fourth-order valence-electron chi connectivity index (χ4n) is 1.61. The van der Waals surface area contributed by atoms with Crippen molar-refractivity contribution in [2.45, 2.75) is 18.9 Å². The standard InChI is InChI=1S/C11H11IN2O2/c12-7-2-1-3-8(6-7)13-9-4-5-10(15)14-11(9)16/h1-3,6,9,13H,4-5H2,(H,14,15,16). The average Bonchev–Trinajstić information content (AvgIpc) is 2.22. The molecule has 1 aromatic rings. The molecule has 1 aliphatic rings. The van der Waals surface area contributed by atoms with E-state index in [2.05, 4.69) is 33.2 Å². The molecule has 84 valence electrons. The third kappa shape index (κ3) is 2.72. The molecule has 0 aliphatic carbocycles. The van der Waals surface area contributed by atoms with Crippen LogP contribution in [0.4, 0.5) is 5.69 Å². The Kier molecular flexibility index (Phi) is 3.42. The van der Waals surface area contributed by atoms with Crippen molar-refractivity contribution < 1.29 is 9.59 Å². The smallest absolute Gasteiger partial charge is 0.249 e. The lowest BCUT2D eigenvalue weighted by Crippen LogP contribution is -2.47. The molecule has 0 radical (unpaired) electrons. The summed E-state index contributed by atoms with van der Waals surface area (Å²) in [5.74, 6) is -0.430. The Balaban J connectivity index is 2.05. The first-order valence-corrected chi connectivity index (χ1v) is 6.09. The molecule has 0 spiro atoms. The van der Waals surface area contributed by atoms with Gasteiger partial charge in [0, 0.05) is 15.7 Å². The fraction of sp³-hybridized carbons (Fsp3) is 0.273. The highest BCUT2D eigenvalue weighted by molar-refractivity contribution is 14.1. The van der Waals surface area contributed by atoms with E-state index in [0.717, 1.165) is 9.26 Å². The molecule has 0 aromatic heterocycles. The van der Waals surface area contributed by atoms with Gasteiger partial charge in [-0.05, 0) is 47.2 Å². The average molecular weight is 330 g/mol. The SMILES string of the molecule is O=C1CCC(Nc2cccc(I)c2)C(=O)N1. The Morgan fingerprint density at radius 2 is 2.19 bits per heavy atom. The van der Waals surface area contributed by atoms with Crippen LogP contribution >= 0.6 is 22.6 Å². The van der Waals surface area contributed by atoms with E-state index in [-0.39, 0.29) is 17.9 Å². The predicted molar refractivity (Wildman–Crippen MR) is 69.0 cm³/mol. The summed E-state index contributed by atoms with van der Waals surface area (Å²) in [6.07, 6.45) is 0.948. The van der Waals surface area contributed by atoms with Crippen LogP contribution in [-0.2, 0) is 9.59 Å². The Hall–Kier alpha value is -1.11. The molecule has 2 rings (SSSR count). The minimum absolute atomic E-state index is 0.189. The molecule has 1 atom stereocenters. The van der Waals surface area contributed by atoms with E-state index in [9.17, 15) is 9.59 Å². The second-order valence-electron chi connectivity index (χ2n) is 3.66. The maximum absolute atomic E-state index is 11.5. The number of halogens is 1. The van der Waals surface area contributed by atoms with Gasteiger partial charge in [-0.3, -0.25) is 14.9 Å². The first kappa shape index (κ1) is 11.4. The van der Waals surface area contributed by atoms with Crippen molar-refractivity contribution in [2.24, 2.45) is 0 Å². The maximum atomic E-state index is 11.5. The summed E-state index contributed by atoms with van der Waals surface area (Å²) < 4.78 is 1.11. The van der Waals surface area contributed by atoms with Gasteiger partial charge in [0.2, 0.25) is 11.8 Å². The minimum atomic E-state index is -0.309. The molecule has 5 heteroatoms. The molecular weight excluding hydrogens is 319 g/mol. The summed E-state index contributed by atoms with van der Waals surface area (Å²) in [6.45, 7) is 0. The molecule has 1 heterocycles. The normalized spacial score (nSPS) is 20.4. The molecule has 1 saturated heterocycles. The van der Waals surface area contributed by atoms with Crippen molar-refractivity contribution >= 4 is 40.1 Å². The highest BCUT2D eigenvalue weighted by Gasteiger charge is 2.26. The van der Waals surface area contributed by atoms with Crippen LogP contribution in [0, 0.1) is 3.57 Å². The molecule has 1 fully saturated rings. The van der Waals surface area contributed by atoms with Gasteiger partial charge in [-0.15, -0.1) is 0 Å². The Labute approximate surface area is 107 Å². The zero-order valence-corrected chi connectivity index (χ0v) is 10.7. The van der Waals surface area contributed by atoms with Crippen molar-refractivity contribution in [1.82, 2.24) is 5.32 Å². The van der Waals surface area contributed by atoms with Gasteiger partial charge in [-0.2, -0.15) is 0 Å². The van der Waals surface area contributed by atoms with Gasteiger partial charge in [0.25, 0.3) is 0 Å². The van der Waals surface area contributed by atoms with Crippen molar-refractivity contribution in [2.75, 3.05) is 5.32 Å². The van der Waals surface area contributed by atoms with Crippen molar-refractivity contribution in [1.29, 1.82) is 0 Å². The maximum Gasteiger partial charge on any atom is 0.249 e. The number of carbonyl (C=O) groups excluding carboxylic acids is 2. The quantitative estimate of drug-likeness (QED) is 0.638. The number of imide groups is 1. The second kappa shape index (κ2) is 4.82. The largest absolute Gasteiger partial charge is 0.374 e. The first-order valence-electron chi connectivity index (χ1n) is 5.01. The van der Waals surface area contributed by atoms with Crippen LogP contribution in [0.25, 0.3) is 0 Å². The molecule has 16 heavy (non-hydrogen) atoms. The fourth-order valence-corrected chi connectivity index (χ4v) is 2.15. The van der Waals surface area contributed by atoms with Crippen LogP contribution in [0.1, 0.15) is 12.8 Å². The lowest BCUT2D eigenvalue weighted by Gasteiger charge is -2.22. The zero-order chi connectivity index (χ0) is 11.5. The Morgan fingerprint density at radius 1 is 1.38 bits per heavy atom. The minimum Gasteiger partial charge on any atom is -0.374 e. The van der Waals surface area contributed by atoms with Crippen molar-refractivity contribution in [3.8, 4) is 0 Å². The van der Waals surface area contributed by atoms with E-state index < -0.39 is 0 Å². The van der Waals surface area contributed by atoms with Crippen molar-refractivity contribution in [3.63, 3.8) is 0 Å². The predicted octanol–water partition coefficient (Wildman–Crippen LogP) is 1.51. The Morgan fingerprint density at radius 3 is 2.88 bits per heavy atom. The molecule has 2 N–H and O–H groups in total. The molecule has 1 aliphatic heterocycles. The molecular formula is C11H11IN2O2. The van der Waals surface area contributed by atoms with Crippen molar-refractivity contribution in [3.05, 3.63) is 27.8 Å². The van der Waals surface area contributed by atoms with E-state index >= 15 is 0 Å². The molecule has 2 amide bonds. The van der Waals surface area contributed by atoms with Gasteiger partial charge in [-0.1, -0.05) is 6.07 Å². The van der Waals surface area contributed by atoms with Gasteiger partial charge in [-0.25, -0.2) is 0 Å². The van der Waals surface area contributed by atoms with Gasteiger partial charge in [0.15, 0.2) is 0 Å². The molecule has 1 aromatic carbocycles. The highest BCUT2D eigenvalue weighted by atomic mass is 127. The topological polar surface area (TPSA) is 58.2 Å². The summed E-state index contributed by atoms with van der Waals surface area (Å²) in [5, 5.41) is 5.44. The third-order valence-electron chi connectivity index (χ3n) is 2.40.